The number of nitrogens with one attached hydrogen (secondary N) is 1. The highest BCUT2D eigenvalue weighted by atomic mass is 32.2. The molecular formula is C20H23N5OS2. The minimum atomic E-state index is 0.0131. The Balaban J connectivity index is 1.42. The largest absolute Gasteiger partial charge is 0.356 e. The molecule has 3 aromatic heterocycles. The lowest BCUT2D eigenvalue weighted by atomic mass is 9.95. The number of thioether (sulfide) groups is 1. The van der Waals surface area contributed by atoms with Gasteiger partial charge in [0, 0.05) is 23.9 Å². The minimum absolute atomic E-state index is 0.0131. The van der Waals surface area contributed by atoms with Gasteiger partial charge in [-0.15, -0.1) is 23.1 Å². The summed E-state index contributed by atoms with van der Waals surface area (Å²) in [6.45, 7) is 5.91. The maximum Gasteiger partial charge on any atom is 0.227 e. The minimum Gasteiger partial charge on any atom is -0.356 e. The Labute approximate surface area is 172 Å². The highest BCUT2D eigenvalue weighted by Crippen LogP contribution is 2.35. The number of rotatable bonds is 4. The lowest BCUT2D eigenvalue weighted by molar-refractivity contribution is -0.120. The van der Waals surface area contributed by atoms with Crippen LogP contribution in [-0.2, 0) is 4.79 Å². The number of anilines is 2. The molecule has 1 amide bonds. The number of fused-ring (bicyclic) bond motifs is 1. The van der Waals surface area contributed by atoms with Crippen molar-refractivity contribution >= 4 is 50.7 Å². The lowest BCUT2D eigenvalue weighted by Crippen LogP contribution is -2.38. The molecule has 1 N–H and O–H groups in total. The SMILES string of the molecule is CSc1ccc(NC(=O)C2CCN(c3ncnc4sc(C)c(C)c34)CC2)cn1. The Morgan fingerprint density at radius 2 is 2.00 bits per heavy atom. The quantitative estimate of drug-likeness (QED) is 0.644. The molecule has 0 radical (unpaired) electrons. The normalized spacial score (nSPS) is 15.2. The van der Waals surface area contributed by atoms with Gasteiger partial charge in [0.25, 0.3) is 0 Å². The number of carbonyl (C=O) groups excluding carboxylic acids is 1. The van der Waals surface area contributed by atoms with E-state index in [4.69, 9.17) is 0 Å². The van der Waals surface area contributed by atoms with Crippen LogP contribution >= 0.6 is 23.1 Å². The molecule has 1 saturated heterocycles. The molecule has 6 nitrogen and oxygen atoms in total. The van der Waals surface area contributed by atoms with E-state index in [9.17, 15) is 4.79 Å². The van der Waals surface area contributed by atoms with Gasteiger partial charge in [-0.2, -0.15) is 0 Å². The molecule has 4 rings (SSSR count). The summed E-state index contributed by atoms with van der Waals surface area (Å²) in [5, 5.41) is 5.11. The van der Waals surface area contributed by atoms with E-state index < -0.39 is 0 Å². The van der Waals surface area contributed by atoms with Crippen LogP contribution in [0.25, 0.3) is 10.2 Å². The standard InChI is InChI=1S/C20H23N5OS2/c1-12-13(2)28-20-17(12)18(22-11-23-20)25-8-6-14(7-9-25)19(26)24-15-4-5-16(27-3)21-10-15/h4-5,10-11,14H,6-9H2,1-3H3,(H,24,26). The van der Waals surface area contributed by atoms with E-state index in [1.54, 1.807) is 35.6 Å². The molecule has 1 aliphatic heterocycles. The number of amides is 1. The number of thiophene rings is 1. The molecule has 0 bridgehead atoms. The Hall–Kier alpha value is -2.19. The van der Waals surface area contributed by atoms with Crippen molar-refractivity contribution in [1.29, 1.82) is 0 Å². The first-order chi connectivity index (χ1) is 13.6. The van der Waals surface area contributed by atoms with Gasteiger partial charge < -0.3 is 10.2 Å². The maximum absolute atomic E-state index is 12.6. The van der Waals surface area contributed by atoms with Gasteiger partial charge in [-0.3, -0.25) is 4.79 Å². The third-order valence-electron chi connectivity index (χ3n) is 5.32. The number of pyridine rings is 1. The Morgan fingerprint density at radius 1 is 1.21 bits per heavy atom. The second-order valence-electron chi connectivity index (χ2n) is 7.00. The molecule has 28 heavy (non-hydrogen) atoms. The molecular weight excluding hydrogens is 390 g/mol. The predicted molar refractivity (Wildman–Crippen MR) is 116 cm³/mol. The number of hydrogen-bond acceptors (Lipinski definition) is 7. The summed E-state index contributed by atoms with van der Waals surface area (Å²) in [5.74, 6) is 1.09. The molecule has 0 aliphatic carbocycles. The summed E-state index contributed by atoms with van der Waals surface area (Å²) in [4.78, 5) is 30.6. The topological polar surface area (TPSA) is 71.0 Å². The number of nitrogens with zero attached hydrogens (tertiary/aromatic N) is 4. The van der Waals surface area contributed by atoms with Crippen LogP contribution in [0.1, 0.15) is 23.3 Å². The molecule has 0 atom stereocenters. The Bertz CT molecular complexity index is 994. The summed E-state index contributed by atoms with van der Waals surface area (Å²) in [5.41, 5.74) is 2.02. The highest BCUT2D eigenvalue weighted by Gasteiger charge is 2.27. The molecule has 0 unspecified atom stereocenters. The molecule has 0 saturated carbocycles. The van der Waals surface area contributed by atoms with Gasteiger partial charge in [-0.05, 0) is 50.6 Å². The maximum atomic E-state index is 12.6. The molecule has 146 valence electrons. The molecule has 1 aliphatic rings. The van der Waals surface area contributed by atoms with Crippen LogP contribution in [0.3, 0.4) is 0 Å². The highest BCUT2D eigenvalue weighted by molar-refractivity contribution is 7.98. The molecule has 3 aromatic rings. The fourth-order valence-corrected chi connectivity index (χ4v) is 4.93. The fraction of sp³-hybridized carbons (Fsp3) is 0.400. The van der Waals surface area contributed by atoms with E-state index in [2.05, 4.69) is 39.0 Å². The zero-order valence-electron chi connectivity index (χ0n) is 16.2. The van der Waals surface area contributed by atoms with E-state index in [1.807, 2.05) is 18.4 Å². The summed E-state index contributed by atoms with van der Waals surface area (Å²) in [6, 6.07) is 3.83. The lowest BCUT2D eigenvalue weighted by Gasteiger charge is -2.32. The molecule has 0 aromatic carbocycles. The van der Waals surface area contributed by atoms with Crippen LogP contribution < -0.4 is 10.2 Å². The van der Waals surface area contributed by atoms with Gasteiger partial charge in [-0.1, -0.05) is 0 Å². The second kappa shape index (κ2) is 8.05. The fourth-order valence-electron chi connectivity index (χ4n) is 3.58. The van der Waals surface area contributed by atoms with Crippen molar-refractivity contribution in [3.8, 4) is 0 Å². The average Bonchev–Trinajstić information content (AvgIpc) is 3.02. The van der Waals surface area contributed by atoms with Crippen molar-refractivity contribution in [2.45, 2.75) is 31.7 Å². The van der Waals surface area contributed by atoms with E-state index in [-0.39, 0.29) is 11.8 Å². The molecule has 4 heterocycles. The van der Waals surface area contributed by atoms with Crippen molar-refractivity contribution in [2.24, 2.45) is 5.92 Å². The van der Waals surface area contributed by atoms with Crippen molar-refractivity contribution < 1.29 is 4.79 Å². The third-order valence-corrected chi connectivity index (χ3v) is 7.10. The van der Waals surface area contributed by atoms with Crippen LogP contribution in [0.4, 0.5) is 11.5 Å². The average molecular weight is 414 g/mol. The van der Waals surface area contributed by atoms with E-state index in [0.717, 1.165) is 52.7 Å². The second-order valence-corrected chi connectivity index (χ2v) is 9.03. The molecule has 0 spiro atoms. The van der Waals surface area contributed by atoms with Gasteiger partial charge in [0.2, 0.25) is 5.91 Å². The first-order valence-corrected chi connectivity index (χ1v) is 11.4. The van der Waals surface area contributed by atoms with Crippen molar-refractivity contribution in [1.82, 2.24) is 15.0 Å². The number of carbonyl (C=O) groups is 1. The van der Waals surface area contributed by atoms with Crippen LogP contribution in [0.2, 0.25) is 0 Å². The van der Waals surface area contributed by atoms with Gasteiger partial charge in [0.15, 0.2) is 0 Å². The van der Waals surface area contributed by atoms with E-state index in [1.165, 1.54) is 10.4 Å². The van der Waals surface area contributed by atoms with Gasteiger partial charge in [-0.25, -0.2) is 15.0 Å². The summed E-state index contributed by atoms with van der Waals surface area (Å²) >= 11 is 3.30. The van der Waals surface area contributed by atoms with Gasteiger partial charge in [0.1, 0.15) is 17.0 Å². The Kier molecular flexibility index (Phi) is 5.50. The summed E-state index contributed by atoms with van der Waals surface area (Å²) in [6.07, 6.45) is 6.99. The van der Waals surface area contributed by atoms with Gasteiger partial charge in [0.05, 0.1) is 22.3 Å². The summed E-state index contributed by atoms with van der Waals surface area (Å²) in [7, 11) is 0. The number of hydrogen-bond donors (Lipinski definition) is 1. The number of aryl methyl sites for hydroxylation is 2. The Morgan fingerprint density at radius 3 is 2.68 bits per heavy atom. The number of aromatic nitrogens is 3. The van der Waals surface area contributed by atoms with Crippen molar-refractivity contribution in [3.63, 3.8) is 0 Å². The number of piperidine rings is 1. The van der Waals surface area contributed by atoms with E-state index in [0.29, 0.717) is 0 Å². The van der Waals surface area contributed by atoms with E-state index >= 15 is 0 Å². The first kappa shape index (κ1) is 19.1. The van der Waals surface area contributed by atoms with Crippen LogP contribution in [-0.4, -0.2) is 40.2 Å². The molecule has 8 heteroatoms. The first-order valence-electron chi connectivity index (χ1n) is 9.33. The third kappa shape index (κ3) is 3.71. The zero-order valence-corrected chi connectivity index (χ0v) is 17.9. The predicted octanol–water partition coefficient (Wildman–Crippen LogP) is 4.28. The van der Waals surface area contributed by atoms with Crippen LogP contribution in [0.5, 0.6) is 0 Å². The monoisotopic (exact) mass is 413 g/mol. The van der Waals surface area contributed by atoms with Crippen molar-refractivity contribution in [2.75, 3.05) is 29.6 Å². The summed E-state index contributed by atoms with van der Waals surface area (Å²) < 4.78 is 0. The van der Waals surface area contributed by atoms with Crippen LogP contribution in [0, 0.1) is 19.8 Å². The molecule has 1 fully saturated rings. The zero-order chi connectivity index (χ0) is 19.7. The van der Waals surface area contributed by atoms with Crippen molar-refractivity contribution in [3.05, 3.63) is 35.1 Å². The van der Waals surface area contributed by atoms with Crippen LogP contribution in [0.15, 0.2) is 29.7 Å². The smallest absolute Gasteiger partial charge is 0.227 e. The van der Waals surface area contributed by atoms with Gasteiger partial charge >= 0.3 is 0 Å².